The molecule has 0 aliphatic carbocycles. The van der Waals surface area contributed by atoms with Crippen LogP contribution < -0.4 is 19.7 Å². The van der Waals surface area contributed by atoms with E-state index in [0.717, 1.165) is 11.4 Å². The van der Waals surface area contributed by atoms with Crippen molar-refractivity contribution in [2.45, 2.75) is 0 Å². The predicted octanol–water partition coefficient (Wildman–Crippen LogP) is 4.12. The molecule has 0 saturated carbocycles. The maximum Gasteiger partial charge on any atom is 0.274 e. The lowest BCUT2D eigenvalue weighted by Crippen LogP contribution is -2.16. The molecule has 6 nitrogen and oxygen atoms in total. The summed E-state index contributed by atoms with van der Waals surface area (Å²) in [6.07, 6.45) is 1.62. The zero-order valence-electron chi connectivity index (χ0n) is 15.5. The van der Waals surface area contributed by atoms with Crippen LogP contribution in [0.25, 0.3) is 0 Å². The first-order chi connectivity index (χ1) is 13.1. The number of hydrogen-bond acceptors (Lipinski definition) is 5. The molecule has 0 saturated heterocycles. The predicted molar refractivity (Wildman–Crippen MR) is 106 cm³/mol. The highest BCUT2D eigenvalue weighted by Gasteiger charge is 2.14. The number of rotatable bonds is 6. The molecule has 1 N–H and O–H groups in total. The number of anilines is 3. The topological polar surface area (TPSA) is 63.7 Å². The minimum absolute atomic E-state index is 0.306. The van der Waals surface area contributed by atoms with Gasteiger partial charge in [-0.15, -0.1) is 0 Å². The second-order valence-electron chi connectivity index (χ2n) is 5.81. The number of pyridine rings is 1. The van der Waals surface area contributed by atoms with Gasteiger partial charge in [-0.3, -0.25) is 9.78 Å². The summed E-state index contributed by atoms with van der Waals surface area (Å²) in [5.74, 6) is 0.836. The van der Waals surface area contributed by atoms with Crippen molar-refractivity contribution in [3.8, 4) is 11.5 Å². The fourth-order valence-electron chi connectivity index (χ4n) is 2.65. The van der Waals surface area contributed by atoms with Crippen molar-refractivity contribution >= 4 is 23.0 Å². The average Bonchev–Trinajstić information content (AvgIpc) is 2.73. The third-order valence-electron chi connectivity index (χ3n) is 4.16. The number of carbonyl (C=O) groups excluding carboxylic acids is 1. The van der Waals surface area contributed by atoms with E-state index in [-0.39, 0.29) is 5.91 Å². The first-order valence-corrected chi connectivity index (χ1v) is 8.40. The van der Waals surface area contributed by atoms with Gasteiger partial charge in [0.15, 0.2) is 0 Å². The molecule has 2 aromatic carbocycles. The molecule has 0 radical (unpaired) electrons. The lowest BCUT2D eigenvalue weighted by molar-refractivity contribution is 0.102. The summed E-state index contributed by atoms with van der Waals surface area (Å²) < 4.78 is 10.5. The molecule has 0 spiro atoms. The van der Waals surface area contributed by atoms with Crippen molar-refractivity contribution < 1.29 is 14.3 Å². The van der Waals surface area contributed by atoms with Crippen molar-refractivity contribution in [3.63, 3.8) is 0 Å². The molecule has 0 aliphatic heterocycles. The Morgan fingerprint density at radius 3 is 2.44 bits per heavy atom. The summed E-state index contributed by atoms with van der Waals surface area (Å²) in [6.45, 7) is 0. The molecule has 6 heteroatoms. The number of nitrogens with zero attached hydrogens (tertiary/aromatic N) is 2. The fourth-order valence-corrected chi connectivity index (χ4v) is 2.65. The van der Waals surface area contributed by atoms with Crippen molar-refractivity contribution in [3.05, 3.63) is 72.6 Å². The maximum absolute atomic E-state index is 12.7. The van der Waals surface area contributed by atoms with Gasteiger partial charge in [-0.2, -0.15) is 0 Å². The van der Waals surface area contributed by atoms with Gasteiger partial charge in [0.1, 0.15) is 17.2 Å². The van der Waals surface area contributed by atoms with Gasteiger partial charge in [0, 0.05) is 30.7 Å². The Labute approximate surface area is 158 Å². The number of para-hydroxylation sites is 1. The largest absolute Gasteiger partial charge is 0.497 e. The molecule has 27 heavy (non-hydrogen) atoms. The summed E-state index contributed by atoms with van der Waals surface area (Å²) in [5, 5.41) is 2.83. The van der Waals surface area contributed by atoms with Gasteiger partial charge in [0.05, 0.1) is 19.9 Å². The van der Waals surface area contributed by atoms with E-state index in [1.807, 2.05) is 48.3 Å². The smallest absolute Gasteiger partial charge is 0.274 e. The minimum Gasteiger partial charge on any atom is -0.497 e. The van der Waals surface area contributed by atoms with Crippen molar-refractivity contribution in [1.82, 2.24) is 4.98 Å². The van der Waals surface area contributed by atoms with E-state index >= 15 is 0 Å². The number of aromatic nitrogens is 1. The Morgan fingerprint density at radius 1 is 0.963 bits per heavy atom. The van der Waals surface area contributed by atoms with E-state index in [0.29, 0.717) is 22.9 Å². The van der Waals surface area contributed by atoms with Crippen LogP contribution in [0, 0.1) is 0 Å². The number of ether oxygens (including phenoxy) is 2. The number of hydrogen-bond donors (Lipinski definition) is 1. The van der Waals surface area contributed by atoms with Gasteiger partial charge in [0.2, 0.25) is 0 Å². The lowest BCUT2D eigenvalue weighted by atomic mass is 10.2. The molecule has 3 aromatic rings. The zero-order valence-corrected chi connectivity index (χ0v) is 15.5. The van der Waals surface area contributed by atoms with E-state index in [2.05, 4.69) is 10.3 Å². The van der Waals surface area contributed by atoms with Crippen LogP contribution in [-0.2, 0) is 0 Å². The molecular weight excluding hydrogens is 342 g/mol. The first-order valence-electron chi connectivity index (χ1n) is 8.40. The van der Waals surface area contributed by atoms with E-state index < -0.39 is 0 Å². The molecule has 3 rings (SSSR count). The SMILES string of the molecule is COc1ccc(OC)c(NC(=O)c2cc(N(C)c3ccccc3)ccn2)c1. The summed E-state index contributed by atoms with van der Waals surface area (Å²) in [4.78, 5) is 18.9. The van der Waals surface area contributed by atoms with Gasteiger partial charge in [0.25, 0.3) is 5.91 Å². The Kier molecular flexibility index (Phi) is 5.56. The number of carbonyl (C=O) groups is 1. The third-order valence-corrected chi connectivity index (χ3v) is 4.16. The van der Waals surface area contributed by atoms with Crippen molar-refractivity contribution in [2.24, 2.45) is 0 Å². The second-order valence-corrected chi connectivity index (χ2v) is 5.81. The molecule has 0 fully saturated rings. The van der Waals surface area contributed by atoms with Gasteiger partial charge < -0.3 is 19.7 Å². The van der Waals surface area contributed by atoms with Crippen molar-refractivity contribution in [2.75, 3.05) is 31.5 Å². The lowest BCUT2D eigenvalue weighted by Gasteiger charge is -2.19. The van der Waals surface area contributed by atoms with Crippen LogP contribution in [0.15, 0.2) is 66.9 Å². The normalized spacial score (nSPS) is 10.2. The van der Waals surface area contributed by atoms with Crippen LogP contribution in [0.4, 0.5) is 17.1 Å². The highest BCUT2D eigenvalue weighted by atomic mass is 16.5. The maximum atomic E-state index is 12.7. The number of nitrogens with one attached hydrogen (secondary N) is 1. The Hall–Kier alpha value is -3.54. The standard InChI is InChI=1S/C21H21N3O3/c1-24(15-7-5-4-6-8-15)16-11-12-22-19(13-16)21(25)23-18-14-17(26-2)9-10-20(18)27-3/h4-14H,1-3H3,(H,23,25). The van der Waals surface area contributed by atoms with E-state index in [9.17, 15) is 4.79 Å². The van der Waals surface area contributed by atoms with Gasteiger partial charge in [-0.1, -0.05) is 18.2 Å². The summed E-state index contributed by atoms with van der Waals surface area (Å²) >= 11 is 0. The quantitative estimate of drug-likeness (QED) is 0.714. The molecule has 0 bridgehead atoms. The summed E-state index contributed by atoms with van der Waals surface area (Å²) in [5.41, 5.74) is 2.70. The van der Waals surface area contributed by atoms with Crippen LogP contribution in [0.2, 0.25) is 0 Å². The van der Waals surface area contributed by atoms with Gasteiger partial charge >= 0.3 is 0 Å². The number of methoxy groups -OCH3 is 2. The molecule has 0 unspecified atom stereocenters. The summed E-state index contributed by atoms with van der Waals surface area (Å²) in [6, 6.07) is 18.7. The Balaban J connectivity index is 1.84. The summed E-state index contributed by atoms with van der Waals surface area (Å²) in [7, 11) is 5.06. The molecule has 1 aromatic heterocycles. The molecule has 1 amide bonds. The second kappa shape index (κ2) is 8.23. The van der Waals surface area contributed by atoms with Crippen LogP contribution in [0.3, 0.4) is 0 Å². The van der Waals surface area contributed by atoms with E-state index in [1.54, 1.807) is 44.7 Å². The molecule has 138 valence electrons. The van der Waals surface area contributed by atoms with E-state index in [1.165, 1.54) is 0 Å². The highest BCUT2D eigenvalue weighted by molar-refractivity contribution is 6.04. The Bertz CT molecular complexity index is 929. The van der Waals surface area contributed by atoms with Crippen molar-refractivity contribution in [1.29, 1.82) is 0 Å². The third kappa shape index (κ3) is 4.17. The molecule has 0 aliphatic rings. The Morgan fingerprint density at radius 2 is 1.74 bits per heavy atom. The van der Waals surface area contributed by atoms with Crippen LogP contribution in [-0.4, -0.2) is 32.2 Å². The van der Waals surface area contributed by atoms with E-state index in [4.69, 9.17) is 9.47 Å². The zero-order chi connectivity index (χ0) is 19.2. The first kappa shape index (κ1) is 18.3. The fraction of sp³-hybridized carbons (Fsp3) is 0.143. The average molecular weight is 363 g/mol. The number of amides is 1. The highest BCUT2D eigenvalue weighted by Crippen LogP contribution is 2.29. The van der Waals surface area contributed by atoms with Crippen LogP contribution >= 0.6 is 0 Å². The molecule has 1 heterocycles. The monoisotopic (exact) mass is 363 g/mol. The van der Waals surface area contributed by atoms with Gasteiger partial charge in [-0.05, 0) is 36.4 Å². The molecule has 0 atom stereocenters. The molecular formula is C21H21N3O3. The van der Waals surface area contributed by atoms with Gasteiger partial charge in [-0.25, -0.2) is 0 Å². The van der Waals surface area contributed by atoms with Crippen LogP contribution in [0.1, 0.15) is 10.5 Å². The van der Waals surface area contributed by atoms with Crippen LogP contribution in [0.5, 0.6) is 11.5 Å². The number of benzene rings is 2. The minimum atomic E-state index is -0.329.